The number of sulfonamides is 1. The molecule has 0 aromatic heterocycles. The molecule has 0 spiro atoms. The van der Waals surface area contributed by atoms with Gasteiger partial charge in [-0.05, 0) is 19.8 Å². The normalized spacial score (nSPS) is 14.0. The Bertz CT molecular complexity index is 382. The van der Waals surface area contributed by atoms with Crippen LogP contribution in [0.1, 0.15) is 52.4 Å². The standard InChI is InChI=1S/C14H32N4O2S/c1-5-6-7-8-10-13(2)18-14(15-3)16-11-9-12-17-21(4,19)20/h13,17H,5-12H2,1-4H3,(H2,15,16,18). The van der Waals surface area contributed by atoms with E-state index in [0.29, 0.717) is 19.1 Å². The van der Waals surface area contributed by atoms with Crippen molar-refractivity contribution in [2.24, 2.45) is 4.99 Å². The summed E-state index contributed by atoms with van der Waals surface area (Å²) in [5, 5.41) is 6.54. The van der Waals surface area contributed by atoms with Crippen molar-refractivity contribution in [2.75, 3.05) is 26.4 Å². The molecule has 0 heterocycles. The molecule has 7 heteroatoms. The zero-order valence-corrected chi connectivity index (χ0v) is 14.7. The fraction of sp³-hybridized carbons (Fsp3) is 0.929. The molecule has 0 aromatic rings. The molecule has 6 nitrogen and oxygen atoms in total. The van der Waals surface area contributed by atoms with Gasteiger partial charge in [0.2, 0.25) is 10.0 Å². The predicted octanol–water partition coefficient (Wildman–Crippen LogP) is 1.45. The molecule has 0 aromatic carbocycles. The smallest absolute Gasteiger partial charge is 0.208 e. The van der Waals surface area contributed by atoms with Gasteiger partial charge in [0.25, 0.3) is 0 Å². The molecule has 1 atom stereocenters. The Balaban J connectivity index is 3.75. The van der Waals surface area contributed by atoms with Gasteiger partial charge in [0, 0.05) is 26.2 Å². The Morgan fingerprint density at radius 2 is 1.86 bits per heavy atom. The summed E-state index contributed by atoms with van der Waals surface area (Å²) >= 11 is 0. The Morgan fingerprint density at radius 3 is 2.43 bits per heavy atom. The number of unbranched alkanes of at least 4 members (excludes halogenated alkanes) is 3. The summed E-state index contributed by atoms with van der Waals surface area (Å²) in [6, 6.07) is 0.391. The monoisotopic (exact) mass is 320 g/mol. The van der Waals surface area contributed by atoms with Crippen LogP contribution in [-0.4, -0.2) is 46.8 Å². The lowest BCUT2D eigenvalue weighted by atomic mass is 10.1. The molecular weight excluding hydrogens is 288 g/mol. The van der Waals surface area contributed by atoms with Crippen LogP contribution in [0.2, 0.25) is 0 Å². The van der Waals surface area contributed by atoms with E-state index in [1.807, 2.05) is 0 Å². The second kappa shape index (κ2) is 11.8. The molecule has 0 bridgehead atoms. The van der Waals surface area contributed by atoms with E-state index in [1.54, 1.807) is 7.05 Å². The zero-order chi connectivity index (χ0) is 16.1. The summed E-state index contributed by atoms with van der Waals surface area (Å²) in [7, 11) is -1.34. The molecule has 1 unspecified atom stereocenters. The number of nitrogens with one attached hydrogen (secondary N) is 3. The molecule has 0 rings (SSSR count). The van der Waals surface area contributed by atoms with Crippen LogP contribution in [-0.2, 0) is 10.0 Å². The molecule has 126 valence electrons. The van der Waals surface area contributed by atoms with E-state index in [-0.39, 0.29) is 0 Å². The molecule has 0 radical (unpaired) electrons. The van der Waals surface area contributed by atoms with Gasteiger partial charge < -0.3 is 10.6 Å². The highest BCUT2D eigenvalue weighted by Gasteiger charge is 2.05. The maximum Gasteiger partial charge on any atom is 0.208 e. The topological polar surface area (TPSA) is 82.6 Å². The Hall–Kier alpha value is -0.820. The fourth-order valence-corrected chi connectivity index (χ4v) is 2.45. The van der Waals surface area contributed by atoms with Crippen molar-refractivity contribution in [2.45, 2.75) is 58.4 Å². The summed E-state index contributed by atoms with van der Waals surface area (Å²) in [5.74, 6) is 0.775. The van der Waals surface area contributed by atoms with Crippen molar-refractivity contribution >= 4 is 16.0 Å². The maximum absolute atomic E-state index is 10.9. The third-order valence-corrected chi connectivity index (χ3v) is 3.84. The van der Waals surface area contributed by atoms with Gasteiger partial charge in [-0.2, -0.15) is 0 Å². The highest BCUT2D eigenvalue weighted by atomic mass is 32.2. The second-order valence-electron chi connectivity index (χ2n) is 5.41. The molecule has 0 aliphatic carbocycles. The number of hydrogen-bond donors (Lipinski definition) is 3. The maximum atomic E-state index is 10.9. The minimum Gasteiger partial charge on any atom is -0.356 e. The molecule has 0 amide bonds. The van der Waals surface area contributed by atoms with Crippen LogP contribution in [0.15, 0.2) is 4.99 Å². The first-order valence-electron chi connectivity index (χ1n) is 7.81. The van der Waals surface area contributed by atoms with E-state index in [0.717, 1.165) is 18.8 Å². The molecule has 3 N–H and O–H groups in total. The van der Waals surface area contributed by atoms with Crippen molar-refractivity contribution in [3.05, 3.63) is 0 Å². The van der Waals surface area contributed by atoms with Crippen LogP contribution >= 0.6 is 0 Å². The van der Waals surface area contributed by atoms with E-state index in [2.05, 4.69) is 34.2 Å². The lowest BCUT2D eigenvalue weighted by Gasteiger charge is -2.17. The van der Waals surface area contributed by atoms with Gasteiger partial charge >= 0.3 is 0 Å². The molecule has 0 saturated heterocycles. The zero-order valence-electron chi connectivity index (χ0n) is 13.9. The lowest BCUT2D eigenvalue weighted by molar-refractivity contribution is 0.536. The summed E-state index contributed by atoms with van der Waals surface area (Å²) in [6.45, 7) is 5.50. The number of hydrogen-bond acceptors (Lipinski definition) is 3. The van der Waals surface area contributed by atoms with Crippen molar-refractivity contribution in [3.8, 4) is 0 Å². The van der Waals surface area contributed by atoms with Gasteiger partial charge in [-0.1, -0.05) is 32.6 Å². The SMILES string of the molecule is CCCCCCC(C)NC(=NC)NCCCNS(C)(=O)=O. The van der Waals surface area contributed by atoms with Gasteiger partial charge in [0.1, 0.15) is 0 Å². The van der Waals surface area contributed by atoms with Gasteiger partial charge in [0.15, 0.2) is 5.96 Å². The minimum atomic E-state index is -3.09. The largest absolute Gasteiger partial charge is 0.356 e. The van der Waals surface area contributed by atoms with Crippen molar-refractivity contribution < 1.29 is 8.42 Å². The van der Waals surface area contributed by atoms with Crippen molar-refractivity contribution in [1.29, 1.82) is 0 Å². The highest BCUT2D eigenvalue weighted by Crippen LogP contribution is 2.04. The summed E-state index contributed by atoms with van der Waals surface area (Å²) in [4.78, 5) is 4.17. The molecule has 21 heavy (non-hydrogen) atoms. The van der Waals surface area contributed by atoms with Crippen LogP contribution in [0.4, 0.5) is 0 Å². The molecule has 0 saturated carbocycles. The molecule has 0 aliphatic rings. The highest BCUT2D eigenvalue weighted by molar-refractivity contribution is 7.88. The summed E-state index contributed by atoms with van der Waals surface area (Å²) in [5.41, 5.74) is 0. The van der Waals surface area contributed by atoms with E-state index in [1.165, 1.54) is 31.9 Å². The lowest BCUT2D eigenvalue weighted by Crippen LogP contribution is -2.43. The first kappa shape index (κ1) is 20.2. The van der Waals surface area contributed by atoms with Crippen LogP contribution in [0.3, 0.4) is 0 Å². The van der Waals surface area contributed by atoms with Crippen LogP contribution in [0, 0.1) is 0 Å². The average Bonchev–Trinajstić information content (AvgIpc) is 2.40. The number of guanidine groups is 1. The van der Waals surface area contributed by atoms with E-state index in [9.17, 15) is 8.42 Å². The average molecular weight is 321 g/mol. The van der Waals surface area contributed by atoms with Crippen molar-refractivity contribution in [3.63, 3.8) is 0 Å². The van der Waals surface area contributed by atoms with Gasteiger partial charge in [0.05, 0.1) is 6.26 Å². The van der Waals surface area contributed by atoms with Crippen LogP contribution in [0.25, 0.3) is 0 Å². The Morgan fingerprint density at radius 1 is 1.14 bits per heavy atom. The summed E-state index contributed by atoms with van der Waals surface area (Å²) < 4.78 is 24.3. The van der Waals surface area contributed by atoms with E-state index >= 15 is 0 Å². The van der Waals surface area contributed by atoms with Crippen LogP contribution < -0.4 is 15.4 Å². The van der Waals surface area contributed by atoms with Crippen molar-refractivity contribution in [1.82, 2.24) is 15.4 Å². The quantitative estimate of drug-likeness (QED) is 0.306. The van der Waals surface area contributed by atoms with E-state index < -0.39 is 10.0 Å². The van der Waals surface area contributed by atoms with Crippen LogP contribution in [0.5, 0.6) is 0 Å². The molecule has 0 fully saturated rings. The number of nitrogens with zero attached hydrogens (tertiary/aromatic N) is 1. The first-order valence-corrected chi connectivity index (χ1v) is 9.70. The fourth-order valence-electron chi connectivity index (χ4n) is 1.93. The molecule has 0 aliphatic heterocycles. The minimum absolute atomic E-state index is 0.391. The van der Waals surface area contributed by atoms with Gasteiger partial charge in [-0.25, -0.2) is 13.1 Å². The third-order valence-electron chi connectivity index (χ3n) is 3.11. The number of rotatable bonds is 11. The Kier molecular flexibility index (Phi) is 11.3. The number of aliphatic imine (C=N–C) groups is 1. The first-order chi connectivity index (χ1) is 9.89. The van der Waals surface area contributed by atoms with E-state index in [4.69, 9.17) is 0 Å². The van der Waals surface area contributed by atoms with Gasteiger partial charge in [-0.3, -0.25) is 4.99 Å². The third kappa shape index (κ3) is 13.9. The van der Waals surface area contributed by atoms with Gasteiger partial charge in [-0.15, -0.1) is 0 Å². The Labute approximate surface area is 130 Å². The molecular formula is C14H32N4O2S. The second-order valence-corrected chi connectivity index (χ2v) is 7.25. The summed E-state index contributed by atoms with van der Waals surface area (Å²) in [6.07, 6.45) is 8.10. The predicted molar refractivity (Wildman–Crippen MR) is 90.2 cm³/mol.